The number of hydrogen-bond donors (Lipinski definition) is 1. The number of benzene rings is 1. The zero-order chi connectivity index (χ0) is 17.8. The van der Waals surface area contributed by atoms with Crippen molar-refractivity contribution in [2.75, 3.05) is 6.26 Å². The van der Waals surface area contributed by atoms with Crippen molar-refractivity contribution in [1.82, 2.24) is 19.9 Å². The van der Waals surface area contributed by atoms with Crippen molar-refractivity contribution in [3.05, 3.63) is 77.8 Å². The lowest BCUT2D eigenvalue weighted by Gasteiger charge is -2.19. The van der Waals surface area contributed by atoms with Crippen molar-refractivity contribution in [3.8, 4) is 0 Å². The number of imidazole rings is 1. The molecule has 0 aliphatic rings. The van der Waals surface area contributed by atoms with E-state index in [-0.39, 0.29) is 11.7 Å². The van der Waals surface area contributed by atoms with Crippen LogP contribution < -0.4 is 5.32 Å². The molecule has 0 spiro atoms. The molecule has 1 aromatic carbocycles. The molecule has 0 radical (unpaired) electrons. The van der Waals surface area contributed by atoms with E-state index >= 15 is 0 Å². The zero-order valence-electron chi connectivity index (χ0n) is 13.8. The summed E-state index contributed by atoms with van der Waals surface area (Å²) < 4.78 is 15.1. The molecule has 2 aromatic heterocycles. The summed E-state index contributed by atoms with van der Waals surface area (Å²) in [4.78, 5) is 21.4. The number of carbonyl (C=O) groups is 1. The van der Waals surface area contributed by atoms with Crippen LogP contribution in [0.4, 0.5) is 4.39 Å². The fraction of sp³-hybridized carbons (Fsp3) is 0.167. The van der Waals surface area contributed by atoms with Crippen LogP contribution in [-0.4, -0.2) is 26.7 Å². The molecule has 0 unspecified atom stereocenters. The predicted octanol–water partition coefficient (Wildman–Crippen LogP) is 3.20. The minimum absolute atomic E-state index is 0.255. The topological polar surface area (TPSA) is 59.8 Å². The molecule has 0 fully saturated rings. The van der Waals surface area contributed by atoms with Crippen LogP contribution in [0.15, 0.2) is 60.0 Å². The molecule has 0 saturated carbocycles. The number of pyridine rings is 1. The first kappa shape index (κ1) is 17.2. The summed E-state index contributed by atoms with van der Waals surface area (Å²) in [6, 6.07) is 8.99. The highest BCUT2D eigenvalue weighted by Gasteiger charge is 2.23. The minimum atomic E-state index is -0.497. The number of thioether (sulfide) groups is 1. The first-order valence-electron chi connectivity index (χ1n) is 7.62. The SMILES string of the molecule is CSc1ncccc1C(=O)N[C@H](c1ccc(F)cc1)c1nccn1C. The number of nitrogens with zero attached hydrogens (tertiary/aromatic N) is 3. The molecule has 1 atom stereocenters. The maximum atomic E-state index is 13.3. The Labute approximate surface area is 149 Å². The van der Waals surface area contributed by atoms with Gasteiger partial charge < -0.3 is 9.88 Å². The molecule has 0 aliphatic heterocycles. The van der Waals surface area contributed by atoms with Gasteiger partial charge in [0.25, 0.3) is 5.91 Å². The monoisotopic (exact) mass is 356 g/mol. The number of aryl methyl sites for hydroxylation is 1. The average molecular weight is 356 g/mol. The van der Waals surface area contributed by atoms with Gasteiger partial charge in [-0.3, -0.25) is 4.79 Å². The fourth-order valence-electron chi connectivity index (χ4n) is 2.54. The van der Waals surface area contributed by atoms with Crippen molar-refractivity contribution in [2.45, 2.75) is 11.1 Å². The van der Waals surface area contributed by atoms with Gasteiger partial charge in [0.15, 0.2) is 0 Å². The lowest BCUT2D eigenvalue weighted by atomic mass is 10.1. The van der Waals surface area contributed by atoms with E-state index in [2.05, 4.69) is 15.3 Å². The van der Waals surface area contributed by atoms with Crippen LogP contribution in [0.3, 0.4) is 0 Å². The zero-order valence-corrected chi connectivity index (χ0v) is 14.6. The van der Waals surface area contributed by atoms with Crippen molar-refractivity contribution in [2.24, 2.45) is 7.05 Å². The Hall–Kier alpha value is -2.67. The number of amides is 1. The maximum absolute atomic E-state index is 13.3. The molecule has 0 saturated heterocycles. The van der Waals surface area contributed by atoms with Crippen LogP contribution in [0.5, 0.6) is 0 Å². The molecule has 3 aromatic rings. The Morgan fingerprint density at radius 3 is 2.60 bits per heavy atom. The van der Waals surface area contributed by atoms with Gasteiger partial charge >= 0.3 is 0 Å². The van der Waals surface area contributed by atoms with E-state index in [1.807, 2.05) is 17.9 Å². The fourth-order valence-corrected chi connectivity index (χ4v) is 3.09. The van der Waals surface area contributed by atoms with Gasteiger partial charge in [-0.15, -0.1) is 11.8 Å². The highest BCUT2D eigenvalue weighted by atomic mass is 32.2. The number of hydrogen-bond acceptors (Lipinski definition) is 4. The largest absolute Gasteiger partial charge is 0.338 e. The molecule has 1 amide bonds. The second kappa shape index (κ2) is 7.48. The summed E-state index contributed by atoms with van der Waals surface area (Å²) in [6.07, 6.45) is 6.99. The normalized spacial score (nSPS) is 12.0. The van der Waals surface area contributed by atoms with Gasteiger partial charge in [-0.1, -0.05) is 12.1 Å². The van der Waals surface area contributed by atoms with Crippen LogP contribution in [-0.2, 0) is 7.05 Å². The van der Waals surface area contributed by atoms with Gasteiger partial charge in [0.2, 0.25) is 0 Å². The first-order valence-corrected chi connectivity index (χ1v) is 8.85. The maximum Gasteiger partial charge on any atom is 0.254 e. The van der Waals surface area contributed by atoms with E-state index in [0.717, 1.165) is 5.56 Å². The molecular weight excluding hydrogens is 339 g/mol. The molecule has 5 nitrogen and oxygen atoms in total. The van der Waals surface area contributed by atoms with Gasteiger partial charge in [-0.05, 0) is 36.1 Å². The van der Waals surface area contributed by atoms with Gasteiger partial charge in [0, 0.05) is 25.6 Å². The number of rotatable bonds is 5. The van der Waals surface area contributed by atoms with Crippen LogP contribution >= 0.6 is 11.8 Å². The molecule has 3 rings (SSSR count). The number of halogens is 1. The van der Waals surface area contributed by atoms with Crippen molar-refractivity contribution < 1.29 is 9.18 Å². The number of aromatic nitrogens is 3. The summed E-state index contributed by atoms with van der Waals surface area (Å²) in [6.45, 7) is 0. The standard InChI is InChI=1S/C18H17FN4OS/c1-23-11-10-20-16(23)15(12-5-7-13(19)8-6-12)22-17(24)14-4-3-9-21-18(14)25-2/h3-11,15H,1-2H3,(H,22,24)/t15-/m1/s1. The lowest BCUT2D eigenvalue weighted by Crippen LogP contribution is -2.31. The van der Waals surface area contributed by atoms with E-state index in [1.165, 1.54) is 23.9 Å². The Bertz CT molecular complexity index is 879. The van der Waals surface area contributed by atoms with Gasteiger partial charge in [0.1, 0.15) is 22.7 Å². The summed E-state index contributed by atoms with van der Waals surface area (Å²) in [5, 5.41) is 3.64. The molecule has 7 heteroatoms. The quantitative estimate of drug-likeness (QED) is 0.713. The Kier molecular flexibility index (Phi) is 5.14. The average Bonchev–Trinajstić information content (AvgIpc) is 3.06. The van der Waals surface area contributed by atoms with Crippen molar-refractivity contribution in [1.29, 1.82) is 0 Å². The molecule has 128 valence electrons. The third-order valence-electron chi connectivity index (χ3n) is 3.80. The van der Waals surface area contributed by atoms with E-state index in [1.54, 1.807) is 42.9 Å². The van der Waals surface area contributed by atoms with Crippen LogP contribution in [0.2, 0.25) is 0 Å². The van der Waals surface area contributed by atoms with E-state index in [4.69, 9.17) is 0 Å². The second-order valence-electron chi connectivity index (χ2n) is 5.41. The second-order valence-corrected chi connectivity index (χ2v) is 6.21. The van der Waals surface area contributed by atoms with E-state index < -0.39 is 6.04 Å². The Balaban J connectivity index is 1.97. The number of nitrogens with one attached hydrogen (secondary N) is 1. The van der Waals surface area contributed by atoms with Crippen molar-refractivity contribution >= 4 is 17.7 Å². The molecular formula is C18H17FN4OS. The minimum Gasteiger partial charge on any atom is -0.338 e. The lowest BCUT2D eigenvalue weighted by molar-refractivity contribution is 0.0937. The third kappa shape index (κ3) is 3.71. The van der Waals surface area contributed by atoms with Crippen molar-refractivity contribution in [3.63, 3.8) is 0 Å². The van der Waals surface area contributed by atoms with Gasteiger partial charge in [0.05, 0.1) is 5.56 Å². The van der Waals surface area contributed by atoms with Crippen LogP contribution in [0.1, 0.15) is 27.8 Å². The number of carbonyl (C=O) groups excluding carboxylic acids is 1. The van der Waals surface area contributed by atoms with E-state index in [0.29, 0.717) is 16.4 Å². The van der Waals surface area contributed by atoms with E-state index in [9.17, 15) is 9.18 Å². The summed E-state index contributed by atoms with van der Waals surface area (Å²) in [7, 11) is 1.85. The molecule has 0 aliphatic carbocycles. The highest BCUT2D eigenvalue weighted by molar-refractivity contribution is 7.98. The Morgan fingerprint density at radius 2 is 1.96 bits per heavy atom. The Morgan fingerprint density at radius 1 is 1.20 bits per heavy atom. The molecule has 25 heavy (non-hydrogen) atoms. The first-order chi connectivity index (χ1) is 12.1. The van der Waals surface area contributed by atoms with Gasteiger partial charge in [-0.25, -0.2) is 14.4 Å². The molecule has 0 bridgehead atoms. The van der Waals surface area contributed by atoms with Crippen LogP contribution in [0, 0.1) is 5.82 Å². The highest BCUT2D eigenvalue weighted by Crippen LogP contribution is 2.23. The third-order valence-corrected chi connectivity index (χ3v) is 4.52. The molecule has 2 heterocycles. The summed E-state index contributed by atoms with van der Waals surface area (Å²) >= 11 is 1.41. The van der Waals surface area contributed by atoms with Crippen LogP contribution in [0.25, 0.3) is 0 Å². The van der Waals surface area contributed by atoms with Gasteiger partial charge in [-0.2, -0.15) is 0 Å². The smallest absolute Gasteiger partial charge is 0.254 e. The summed E-state index contributed by atoms with van der Waals surface area (Å²) in [5.41, 5.74) is 1.25. The predicted molar refractivity (Wildman–Crippen MR) is 94.9 cm³/mol. The molecule has 1 N–H and O–H groups in total. The summed E-state index contributed by atoms with van der Waals surface area (Å²) in [5.74, 6) is 0.0786.